The largest absolute Gasteiger partial charge is 0.460 e. The van der Waals surface area contributed by atoms with E-state index in [-0.39, 0.29) is 12.0 Å². The minimum Gasteiger partial charge on any atom is -0.460 e. The number of carbonyl (C=O) groups is 1. The van der Waals surface area contributed by atoms with E-state index in [1.165, 1.54) is 12.5 Å². The summed E-state index contributed by atoms with van der Waals surface area (Å²) in [7, 11) is 0. The summed E-state index contributed by atoms with van der Waals surface area (Å²) in [6, 6.07) is 10.2. The minimum absolute atomic E-state index is 0.114. The van der Waals surface area contributed by atoms with Crippen molar-refractivity contribution in [3.63, 3.8) is 0 Å². The van der Waals surface area contributed by atoms with Crippen molar-refractivity contribution >= 4 is 5.97 Å². The van der Waals surface area contributed by atoms with Crippen LogP contribution in [0, 0.1) is 0 Å². The summed E-state index contributed by atoms with van der Waals surface area (Å²) in [5.41, 5.74) is -0.153. The fourth-order valence-corrected chi connectivity index (χ4v) is 2.73. The molecule has 0 aliphatic heterocycles. The van der Waals surface area contributed by atoms with E-state index in [2.05, 4.69) is 12.1 Å². The van der Waals surface area contributed by atoms with Gasteiger partial charge in [0, 0.05) is 5.92 Å². The zero-order valence-electron chi connectivity index (χ0n) is 12.3. The van der Waals surface area contributed by atoms with Gasteiger partial charge in [0.15, 0.2) is 5.60 Å². The molecule has 3 heteroatoms. The summed E-state index contributed by atoms with van der Waals surface area (Å²) in [5.74, 6) is -0.241. The van der Waals surface area contributed by atoms with Gasteiger partial charge in [-0.25, -0.2) is 4.79 Å². The van der Waals surface area contributed by atoms with Crippen LogP contribution in [0.25, 0.3) is 0 Å². The summed E-state index contributed by atoms with van der Waals surface area (Å²) in [6.45, 7) is 3.31. The van der Waals surface area contributed by atoms with Gasteiger partial charge < -0.3 is 9.84 Å². The lowest BCUT2D eigenvalue weighted by atomic mass is 9.81. The molecule has 3 nitrogen and oxygen atoms in total. The Morgan fingerprint density at radius 1 is 1.30 bits per heavy atom. The number of benzene rings is 1. The zero-order chi connectivity index (χ0) is 14.6. The van der Waals surface area contributed by atoms with Gasteiger partial charge in [-0.2, -0.15) is 0 Å². The van der Waals surface area contributed by atoms with E-state index in [1.54, 1.807) is 6.92 Å². The van der Waals surface area contributed by atoms with E-state index in [0.717, 1.165) is 25.7 Å². The van der Waals surface area contributed by atoms with Crippen LogP contribution in [0.4, 0.5) is 0 Å². The van der Waals surface area contributed by atoms with Crippen molar-refractivity contribution in [1.29, 1.82) is 0 Å². The lowest BCUT2D eigenvalue weighted by molar-refractivity contribution is -0.172. The molecule has 1 fully saturated rings. The second-order valence-electron chi connectivity index (χ2n) is 5.87. The Labute approximate surface area is 121 Å². The van der Waals surface area contributed by atoms with E-state index in [9.17, 15) is 9.90 Å². The summed E-state index contributed by atoms with van der Waals surface area (Å²) in [6.07, 6.45) is 4.42. The molecule has 20 heavy (non-hydrogen) atoms. The van der Waals surface area contributed by atoms with Gasteiger partial charge in [0.2, 0.25) is 0 Å². The van der Waals surface area contributed by atoms with Crippen molar-refractivity contribution in [3.05, 3.63) is 35.9 Å². The highest BCUT2D eigenvalue weighted by Gasteiger charge is 2.35. The SMILES string of the molecule is CC[C@](C)(O)C(=O)O[C@@H]1CCCC[C@H]1c1ccccc1. The molecule has 1 aromatic carbocycles. The maximum absolute atomic E-state index is 12.1. The first-order valence-electron chi connectivity index (χ1n) is 7.53. The van der Waals surface area contributed by atoms with Crippen LogP contribution in [0.5, 0.6) is 0 Å². The van der Waals surface area contributed by atoms with Crippen LogP contribution in [0.2, 0.25) is 0 Å². The van der Waals surface area contributed by atoms with Crippen molar-refractivity contribution in [2.75, 3.05) is 0 Å². The Hall–Kier alpha value is -1.35. The van der Waals surface area contributed by atoms with Crippen molar-refractivity contribution in [3.8, 4) is 0 Å². The van der Waals surface area contributed by atoms with E-state index in [1.807, 2.05) is 18.2 Å². The summed E-state index contributed by atoms with van der Waals surface area (Å²) >= 11 is 0. The third kappa shape index (κ3) is 3.40. The molecular formula is C17H24O3. The minimum atomic E-state index is -1.38. The Morgan fingerprint density at radius 2 is 1.95 bits per heavy atom. The lowest BCUT2D eigenvalue weighted by Crippen LogP contribution is -2.40. The molecule has 1 aliphatic carbocycles. The second-order valence-corrected chi connectivity index (χ2v) is 5.87. The molecule has 1 aromatic rings. The molecule has 1 N–H and O–H groups in total. The molecule has 0 aromatic heterocycles. The topological polar surface area (TPSA) is 46.5 Å². The van der Waals surface area contributed by atoms with Crippen LogP contribution in [0.15, 0.2) is 30.3 Å². The summed E-state index contributed by atoms with van der Waals surface area (Å²) in [5, 5.41) is 10.0. The third-order valence-electron chi connectivity index (χ3n) is 4.32. The summed E-state index contributed by atoms with van der Waals surface area (Å²) in [4.78, 5) is 12.1. The molecule has 0 saturated heterocycles. The molecule has 1 aliphatic rings. The Morgan fingerprint density at radius 3 is 2.60 bits per heavy atom. The molecule has 2 rings (SSSR count). The summed E-state index contributed by atoms with van der Waals surface area (Å²) < 4.78 is 5.63. The average molecular weight is 276 g/mol. The van der Waals surface area contributed by atoms with Crippen LogP contribution in [-0.4, -0.2) is 22.8 Å². The van der Waals surface area contributed by atoms with Crippen molar-refractivity contribution < 1.29 is 14.6 Å². The van der Waals surface area contributed by atoms with E-state index in [4.69, 9.17) is 4.74 Å². The van der Waals surface area contributed by atoms with Crippen molar-refractivity contribution in [1.82, 2.24) is 0 Å². The standard InChI is InChI=1S/C17H24O3/c1-3-17(2,19)16(18)20-15-12-8-7-11-14(15)13-9-5-4-6-10-13/h4-6,9-10,14-15,19H,3,7-8,11-12H2,1-2H3/t14-,15+,17-/m0/s1. The number of carbonyl (C=O) groups excluding carboxylic acids is 1. The maximum Gasteiger partial charge on any atom is 0.338 e. The normalized spacial score (nSPS) is 25.8. The number of aliphatic hydroxyl groups is 1. The molecule has 0 heterocycles. The first-order chi connectivity index (χ1) is 9.54. The van der Waals surface area contributed by atoms with Crippen LogP contribution in [-0.2, 0) is 9.53 Å². The molecular weight excluding hydrogens is 252 g/mol. The highest BCUT2D eigenvalue weighted by molar-refractivity contribution is 5.78. The predicted molar refractivity (Wildman–Crippen MR) is 78.4 cm³/mol. The molecule has 110 valence electrons. The molecule has 3 atom stereocenters. The Kier molecular flexibility index (Phi) is 4.81. The monoisotopic (exact) mass is 276 g/mol. The molecule has 0 radical (unpaired) electrons. The van der Waals surface area contributed by atoms with Gasteiger partial charge in [-0.05, 0) is 38.2 Å². The van der Waals surface area contributed by atoms with Gasteiger partial charge in [0.1, 0.15) is 6.10 Å². The first kappa shape index (κ1) is 15.0. The smallest absolute Gasteiger partial charge is 0.338 e. The van der Waals surface area contributed by atoms with Crippen LogP contribution >= 0.6 is 0 Å². The molecule has 0 spiro atoms. The second kappa shape index (κ2) is 6.40. The fourth-order valence-electron chi connectivity index (χ4n) is 2.73. The maximum atomic E-state index is 12.1. The molecule has 0 unspecified atom stereocenters. The van der Waals surface area contributed by atoms with Gasteiger partial charge in [-0.1, -0.05) is 43.7 Å². The van der Waals surface area contributed by atoms with E-state index in [0.29, 0.717) is 6.42 Å². The lowest BCUT2D eigenvalue weighted by Gasteiger charge is -2.33. The van der Waals surface area contributed by atoms with Gasteiger partial charge >= 0.3 is 5.97 Å². The van der Waals surface area contributed by atoms with Crippen molar-refractivity contribution in [2.24, 2.45) is 0 Å². The third-order valence-corrected chi connectivity index (χ3v) is 4.32. The predicted octanol–water partition coefficient (Wildman–Crippen LogP) is 3.42. The van der Waals surface area contributed by atoms with E-state index >= 15 is 0 Å². The number of ether oxygens (including phenoxy) is 1. The van der Waals surface area contributed by atoms with Crippen LogP contribution in [0.3, 0.4) is 0 Å². The van der Waals surface area contributed by atoms with Gasteiger partial charge in [0.25, 0.3) is 0 Å². The highest BCUT2D eigenvalue weighted by Crippen LogP contribution is 2.35. The van der Waals surface area contributed by atoms with Gasteiger partial charge in [-0.3, -0.25) is 0 Å². The number of hydrogen-bond acceptors (Lipinski definition) is 3. The Balaban J connectivity index is 2.10. The van der Waals surface area contributed by atoms with Crippen molar-refractivity contribution in [2.45, 2.75) is 63.6 Å². The highest BCUT2D eigenvalue weighted by atomic mass is 16.6. The zero-order valence-corrected chi connectivity index (χ0v) is 12.3. The number of hydrogen-bond donors (Lipinski definition) is 1. The average Bonchev–Trinajstić information content (AvgIpc) is 2.48. The fraction of sp³-hybridized carbons (Fsp3) is 0.588. The molecule has 0 amide bonds. The van der Waals surface area contributed by atoms with Crippen LogP contribution < -0.4 is 0 Å². The molecule has 0 bridgehead atoms. The molecule has 1 saturated carbocycles. The van der Waals surface area contributed by atoms with Gasteiger partial charge in [-0.15, -0.1) is 0 Å². The number of esters is 1. The quantitative estimate of drug-likeness (QED) is 0.857. The van der Waals surface area contributed by atoms with Crippen LogP contribution in [0.1, 0.15) is 57.4 Å². The number of rotatable bonds is 4. The Bertz CT molecular complexity index is 439. The first-order valence-corrected chi connectivity index (χ1v) is 7.53. The van der Waals surface area contributed by atoms with E-state index < -0.39 is 11.6 Å². The van der Waals surface area contributed by atoms with Gasteiger partial charge in [0.05, 0.1) is 0 Å².